The number of carbonyl (C=O) groups is 4. The number of amides is 1. The molecule has 0 aromatic heterocycles. The van der Waals surface area contributed by atoms with Crippen molar-refractivity contribution in [3.8, 4) is 11.5 Å². The summed E-state index contributed by atoms with van der Waals surface area (Å²) in [5, 5.41) is 0. The van der Waals surface area contributed by atoms with Gasteiger partial charge in [-0.3, -0.25) is 14.4 Å². The van der Waals surface area contributed by atoms with E-state index in [2.05, 4.69) is 0 Å². The zero-order chi connectivity index (χ0) is 24.9. The zero-order valence-electron chi connectivity index (χ0n) is 19.8. The lowest BCUT2D eigenvalue weighted by molar-refractivity contribution is -0.155. The van der Waals surface area contributed by atoms with Crippen LogP contribution in [0.4, 0.5) is 4.79 Å². The number of carbonyl (C=O) groups excluding carboxylic acids is 4. The standard InChI is InChI=1S/C26H29NO7/c1-17(28)23(33-24(30)19-14-15-27(16-19)25(31)34-26(2,3)4)22(29)18-10-12-21(13-11-18)32-20-8-6-5-7-9-20/h5-13,19,23H,14-16H2,1-4H3. The molecule has 1 heterocycles. The van der Waals surface area contributed by atoms with Crippen LogP contribution in [0.25, 0.3) is 0 Å². The second-order valence-electron chi connectivity index (χ2n) is 9.14. The molecule has 34 heavy (non-hydrogen) atoms. The Balaban J connectivity index is 1.61. The van der Waals surface area contributed by atoms with E-state index in [1.54, 1.807) is 45.0 Å². The van der Waals surface area contributed by atoms with Crippen molar-refractivity contribution in [2.45, 2.75) is 45.8 Å². The molecule has 1 amide bonds. The normalized spacial score (nSPS) is 16.5. The third kappa shape index (κ3) is 6.66. The molecule has 0 radical (unpaired) electrons. The van der Waals surface area contributed by atoms with Crippen LogP contribution in [0.3, 0.4) is 0 Å². The lowest BCUT2D eigenvalue weighted by Crippen LogP contribution is -2.38. The van der Waals surface area contributed by atoms with E-state index < -0.39 is 41.3 Å². The molecule has 0 saturated carbocycles. The van der Waals surface area contributed by atoms with E-state index in [0.717, 1.165) is 0 Å². The van der Waals surface area contributed by atoms with Gasteiger partial charge in [0.25, 0.3) is 0 Å². The smallest absolute Gasteiger partial charge is 0.410 e. The SMILES string of the molecule is CC(=O)C(OC(=O)C1CCN(C(=O)OC(C)(C)C)C1)C(=O)c1ccc(Oc2ccccc2)cc1. The molecule has 0 N–H and O–H groups in total. The second-order valence-corrected chi connectivity index (χ2v) is 9.14. The minimum absolute atomic E-state index is 0.109. The highest BCUT2D eigenvalue weighted by atomic mass is 16.6. The van der Waals surface area contributed by atoms with Crippen LogP contribution in [-0.2, 0) is 19.1 Å². The summed E-state index contributed by atoms with van der Waals surface area (Å²) in [5.74, 6) is -1.35. The first-order valence-electron chi connectivity index (χ1n) is 11.1. The van der Waals surface area contributed by atoms with Crippen molar-refractivity contribution in [3.05, 3.63) is 60.2 Å². The first-order chi connectivity index (χ1) is 16.0. The lowest BCUT2D eigenvalue weighted by atomic mass is 10.0. The van der Waals surface area contributed by atoms with Gasteiger partial charge in [-0.2, -0.15) is 0 Å². The predicted molar refractivity (Wildman–Crippen MR) is 124 cm³/mol. The van der Waals surface area contributed by atoms with Crippen LogP contribution in [0.1, 0.15) is 44.5 Å². The molecule has 0 bridgehead atoms. The van der Waals surface area contributed by atoms with Crippen molar-refractivity contribution in [2.24, 2.45) is 5.92 Å². The van der Waals surface area contributed by atoms with Gasteiger partial charge < -0.3 is 19.1 Å². The number of ether oxygens (including phenoxy) is 3. The van der Waals surface area contributed by atoms with Crippen molar-refractivity contribution < 1.29 is 33.4 Å². The number of nitrogens with zero attached hydrogens (tertiary/aromatic N) is 1. The van der Waals surface area contributed by atoms with Gasteiger partial charge in [0.15, 0.2) is 5.78 Å². The van der Waals surface area contributed by atoms with Crippen LogP contribution in [0.5, 0.6) is 11.5 Å². The van der Waals surface area contributed by atoms with Crippen molar-refractivity contribution in [1.29, 1.82) is 0 Å². The average molecular weight is 468 g/mol. The van der Waals surface area contributed by atoms with E-state index in [1.165, 1.54) is 24.0 Å². The van der Waals surface area contributed by atoms with Gasteiger partial charge in [-0.15, -0.1) is 0 Å². The second kappa shape index (κ2) is 10.5. The summed E-state index contributed by atoms with van der Waals surface area (Å²) >= 11 is 0. The fourth-order valence-corrected chi connectivity index (χ4v) is 3.44. The summed E-state index contributed by atoms with van der Waals surface area (Å²) in [6, 6.07) is 15.4. The summed E-state index contributed by atoms with van der Waals surface area (Å²) < 4.78 is 16.4. The molecule has 8 heteroatoms. The Morgan fingerprint density at radius 3 is 2.15 bits per heavy atom. The molecular weight excluding hydrogens is 438 g/mol. The topological polar surface area (TPSA) is 99.2 Å². The predicted octanol–water partition coefficient (Wildman–Crippen LogP) is 4.42. The van der Waals surface area contributed by atoms with E-state index >= 15 is 0 Å². The van der Waals surface area contributed by atoms with Crippen molar-refractivity contribution in [3.63, 3.8) is 0 Å². The molecule has 1 fully saturated rings. The molecule has 0 spiro atoms. The van der Waals surface area contributed by atoms with Gasteiger partial charge in [0.2, 0.25) is 11.9 Å². The highest BCUT2D eigenvalue weighted by molar-refractivity contribution is 6.13. The van der Waals surface area contributed by atoms with Gasteiger partial charge in [0.1, 0.15) is 17.1 Å². The van der Waals surface area contributed by atoms with Crippen LogP contribution in [0.15, 0.2) is 54.6 Å². The maximum Gasteiger partial charge on any atom is 0.410 e. The molecule has 2 aromatic rings. The third-order valence-electron chi connectivity index (χ3n) is 5.13. The number of benzene rings is 2. The van der Waals surface area contributed by atoms with E-state index in [9.17, 15) is 19.2 Å². The molecule has 1 saturated heterocycles. The molecule has 2 atom stereocenters. The van der Waals surface area contributed by atoms with Crippen LogP contribution in [0, 0.1) is 5.92 Å². The highest BCUT2D eigenvalue weighted by Gasteiger charge is 2.37. The fraction of sp³-hybridized carbons (Fsp3) is 0.385. The molecular formula is C26H29NO7. The van der Waals surface area contributed by atoms with Gasteiger partial charge in [-0.1, -0.05) is 18.2 Å². The lowest BCUT2D eigenvalue weighted by Gasteiger charge is -2.24. The third-order valence-corrected chi connectivity index (χ3v) is 5.13. The Labute approximate surface area is 198 Å². The number of rotatable bonds is 7. The van der Waals surface area contributed by atoms with E-state index in [0.29, 0.717) is 24.5 Å². The van der Waals surface area contributed by atoms with Crippen molar-refractivity contribution in [2.75, 3.05) is 13.1 Å². The number of ketones is 2. The molecule has 8 nitrogen and oxygen atoms in total. The summed E-state index contributed by atoms with van der Waals surface area (Å²) in [6.45, 7) is 6.92. The number of hydrogen-bond donors (Lipinski definition) is 0. The van der Waals surface area contributed by atoms with Crippen LogP contribution in [0.2, 0.25) is 0 Å². The van der Waals surface area contributed by atoms with Gasteiger partial charge >= 0.3 is 12.1 Å². The molecule has 2 aromatic carbocycles. The fourth-order valence-electron chi connectivity index (χ4n) is 3.44. The largest absolute Gasteiger partial charge is 0.457 e. The van der Waals surface area contributed by atoms with Crippen LogP contribution < -0.4 is 4.74 Å². The maximum absolute atomic E-state index is 12.9. The van der Waals surface area contributed by atoms with E-state index in [1.807, 2.05) is 18.2 Å². The number of hydrogen-bond acceptors (Lipinski definition) is 7. The van der Waals surface area contributed by atoms with E-state index in [4.69, 9.17) is 14.2 Å². The molecule has 3 rings (SSSR count). The van der Waals surface area contributed by atoms with Crippen molar-refractivity contribution >= 4 is 23.6 Å². The Hall–Kier alpha value is -3.68. The number of likely N-dealkylation sites (tertiary alicyclic amines) is 1. The van der Waals surface area contributed by atoms with Crippen LogP contribution in [-0.4, -0.2) is 53.3 Å². The van der Waals surface area contributed by atoms with Gasteiger partial charge in [0.05, 0.1) is 5.92 Å². The Morgan fingerprint density at radius 2 is 1.56 bits per heavy atom. The minimum Gasteiger partial charge on any atom is -0.457 e. The molecule has 1 aliphatic rings. The molecule has 0 aliphatic carbocycles. The number of para-hydroxylation sites is 1. The summed E-state index contributed by atoms with van der Waals surface area (Å²) in [5.41, 5.74) is -0.432. The molecule has 2 unspecified atom stereocenters. The van der Waals surface area contributed by atoms with Gasteiger partial charge in [-0.05, 0) is 70.5 Å². The zero-order valence-corrected chi connectivity index (χ0v) is 19.8. The average Bonchev–Trinajstić information content (AvgIpc) is 3.27. The quantitative estimate of drug-likeness (QED) is 0.338. The Bertz CT molecular complexity index is 1040. The summed E-state index contributed by atoms with van der Waals surface area (Å²) in [6.07, 6.45) is -1.70. The highest BCUT2D eigenvalue weighted by Crippen LogP contribution is 2.24. The maximum atomic E-state index is 12.9. The first kappa shape index (κ1) is 25.0. The Morgan fingerprint density at radius 1 is 0.941 bits per heavy atom. The minimum atomic E-state index is -1.55. The van der Waals surface area contributed by atoms with Gasteiger partial charge in [0, 0.05) is 18.7 Å². The first-order valence-corrected chi connectivity index (χ1v) is 11.1. The summed E-state index contributed by atoms with van der Waals surface area (Å²) in [7, 11) is 0. The Kier molecular flexibility index (Phi) is 7.71. The molecule has 180 valence electrons. The van der Waals surface area contributed by atoms with Crippen molar-refractivity contribution in [1.82, 2.24) is 4.90 Å². The van der Waals surface area contributed by atoms with Gasteiger partial charge in [-0.25, -0.2) is 4.79 Å². The van der Waals surface area contributed by atoms with E-state index in [-0.39, 0.29) is 12.1 Å². The summed E-state index contributed by atoms with van der Waals surface area (Å²) in [4.78, 5) is 51.4. The number of Topliss-reactive ketones (excluding diaryl/α,β-unsaturated/α-hetero) is 2. The number of esters is 1. The monoisotopic (exact) mass is 467 g/mol. The van der Waals surface area contributed by atoms with Crippen LogP contribution >= 0.6 is 0 Å². The molecule has 1 aliphatic heterocycles.